The lowest BCUT2D eigenvalue weighted by atomic mass is 9.80. The first kappa shape index (κ1) is 15.0. The van der Waals surface area contributed by atoms with Gasteiger partial charge in [-0.2, -0.15) is 4.98 Å². The Kier molecular flexibility index (Phi) is 4.91. The average Bonchev–Trinajstić information content (AvgIpc) is 2.85. The van der Waals surface area contributed by atoms with E-state index in [1.165, 1.54) is 38.5 Å². The van der Waals surface area contributed by atoms with Gasteiger partial charge in [-0.05, 0) is 32.1 Å². The molecule has 3 rings (SSSR count). The Morgan fingerprint density at radius 2 is 1.90 bits per heavy atom. The molecule has 1 unspecified atom stereocenters. The topological polar surface area (TPSA) is 74.2 Å². The molecule has 2 N–H and O–H groups in total. The number of nitrogens with zero attached hydrogens (tertiary/aromatic N) is 2. The smallest absolute Gasteiger partial charge is 0.234 e. The highest BCUT2D eigenvalue weighted by Gasteiger charge is 2.37. The highest BCUT2D eigenvalue weighted by Crippen LogP contribution is 2.36. The first-order valence-corrected chi connectivity index (χ1v) is 8.47. The lowest BCUT2D eigenvalue weighted by molar-refractivity contribution is 0.0153. The molecule has 2 heterocycles. The lowest BCUT2D eigenvalue weighted by Gasteiger charge is -2.26. The molecule has 5 heteroatoms. The summed E-state index contributed by atoms with van der Waals surface area (Å²) in [5.41, 5.74) is 5.99. The molecular weight excluding hydrogens is 266 g/mol. The van der Waals surface area contributed by atoms with Crippen molar-refractivity contribution in [1.82, 2.24) is 10.1 Å². The molecule has 0 bridgehead atoms. The van der Waals surface area contributed by atoms with Gasteiger partial charge < -0.3 is 15.0 Å². The van der Waals surface area contributed by atoms with Crippen molar-refractivity contribution in [3.63, 3.8) is 0 Å². The summed E-state index contributed by atoms with van der Waals surface area (Å²) in [6, 6.07) is 0. The minimum absolute atomic E-state index is 0.0881. The zero-order valence-corrected chi connectivity index (χ0v) is 12.9. The zero-order chi connectivity index (χ0) is 14.5. The van der Waals surface area contributed by atoms with Gasteiger partial charge in [-0.3, -0.25) is 0 Å². The highest BCUT2D eigenvalue weighted by molar-refractivity contribution is 5.07. The molecule has 21 heavy (non-hydrogen) atoms. The largest absolute Gasteiger partial charge is 0.378 e. The molecule has 0 radical (unpaired) electrons. The normalized spacial score (nSPS) is 26.4. The van der Waals surface area contributed by atoms with E-state index >= 15 is 0 Å². The highest BCUT2D eigenvalue weighted by atomic mass is 16.5. The summed E-state index contributed by atoms with van der Waals surface area (Å²) in [7, 11) is 0. The predicted molar refractivity (Wildman–Crippen MR) is 80.0 cm³/mol. The fourth-order valence-corrected chi connectivity index (χ4v) is 3.63. The summed E-state index contributed by atoms with van der Waals surface area (Å²) in [4.78, 5) is 4.67. The van der Waals surface area contributed by atoms with E-state index in [4.69, 9.17) is 15.0 Å². The number of hydrogen-bond donors (Lipinski definition) is 1. The number of hydrogen-bond acceptors (Lipinski definition) is 5. The van der Waals surface area contributed by atoms with Crippen LogP contribution in [-0.2, 0) is 16.6 Å². The van der Waals surface area contributed by atoms with E-state index in [1.54, 1.807) is 0 Å². The minimum Gasteiger partial charge on any atom is -0.378 e. The molecule has 1 saturated carbocycles. The summed E-state index contributed by atoms with van der Waals surface area (Å²) in [6.45, 7) is 1.47. The standard InChI is InChI=1S/C16H27N3O2/c17-12-16(8-4-1-2-5-9-16)15-18-14(19-21-15)11-13-7-3-6-10-20-13/h13H,1-12,17H2. The van der Waals surface area contributed by atoms with Gasteiger partial charge in [-0.15, -0.1) is 0 Å². The molecule has 1 atom stereocenters. The van der Waals surface area contributed by atoms with Crippen LogP contribution >= 0.6 is 0 Å². The monoisotopic (exact) mass is 293 g/mol. The molecular formula is C16H27N3O2. The van der Waals surface area contributed by atoms with Crippen molar-refractivity contribution in [3.05, 3.63) is 11.7 Å². The van der Waals surface area contributed by atoms with Gasteiger partial charge >= 0.3 is 0 Å². The van der Waals surface area contributed by atoms with E-state index < -0.39 is 0 Å². The second-order valence-electron chi connectivity index (χ2n) is 6.61. The van der Waals surface area contributed by atoms with Crippen LogP contribution in [0.3, 0.4) is 0 Å². The van der Waals surface area contributed by atoms with Crippen molar-refractivity contribution in [1.29, 1.82) is 0 Å². The van der Waals surface area contributed by atoms with Crippen LogP contribution in [0.1, 0.15) is 69.5 Å². The SMILES string of the molecule is NCC1(c2nc(CC3CCCCO3)no2)CCCCCC1. The maximum atomic E-state index is 6.08. The van der Waals surface area contributed by atoms with Crippen LogP contribution in [0.25, 0.3) is 0 Å². The second kappa shape index (κ2) is 6.88. The second-order valence-corrected chi connectivity index (χ2v) is 6.61. The molecule has 0 spiro atoms. The van der Waals surface area contributed by atoms with Crippen LogP contribution in [0.4, 0.5) is 0 Å². The summed E-state index contributed by atoms with van der Waals surface area (Å²) in [6.07, 6.45) is 11.7. The first-order valence-electron chi connectivity index (χ1n) is 8.47. The molecule has 2 aliphatic rings. The van der Waals surface area contributed by atoms with Gasteiger partial charge in [0.1, 0.15) is 0 Å². The molecule has 2 fully saturated rings. The van der Waals surface area contributed by atoms with Gasteiger partial charge in [0.2, 0.25) is 5.89 Å². The van der Waals surface area contributed by atoms with Crippen LogP contribution in [-0.4, -0.2) is 29.4 Å². The zero-order valence-electron chi connectivity index (χ0n) is 12.9. The number of aromatic nitrogens is 2. The Hall–Kier alpha value is -0.940. The van der Waals surface area contributed by atoms with E-state index in [2.05, 4.69) is 10.1 Å². The summed E-state index contributed by atoms with van der Waals surface area (Å²) in [5, 5.41) is 4.19. The summed E-state index contributed by atoms with van der Waals surface area (Å²) in [5.74, 6) is 1.55. The fraction of sp³-hybridized carbons (Fsp3) is 0.875. The Morgan fingerprint density at radius 3 is 2.57 bits per heavy atom. The third-order valence-electron chi connectivity index (χ3n) is 5.06. The third kappa shape index (κ3) is 3.46. The van der Waals surface area contributed by atoms with Gasteiger partial charge in [0, 0.05) is 19.6 Å². The van der Waals surface area contributed by atoms with E-state index in [0.717, 1.165) is 44.0 Å². The van der Waals surface area contributed by atoms with E-state index in [1.807, 2.05) is 0 Å². The van der Waals surface area contributed by atoms with Gasteiger partial charge in [-0.1, -0.05) is 30.8 Å². The summed E-state index contributed by atoms with van der Waals surface area (Å²) < 4.78 is 11.4. The molecule has 5 nitrogen and oxygen atoms in total. The van der Waals surface area contributed by atoms with E-state index in [-0.39, 0.29) is 11.5 Å². The van der Waals surface area contributed by atoms with Crippen LogP contribution in [0.2, 0.25) is 0 Å². The van der Waals surface area contributed by atoms with Gasteiger partial charge in [-0.25, -0.2) is 0 Å². The van der Waals surface area contributed by atoms with Crippen molar-refractivity contribution in [2.75, 3.05) is 13.2 Å². The molecule has 1 aromatic rings. The molecule has 0 amide bonds. The molecule has 1 saturated heterocycles. The number of ether oxygens (including phenoxy) is 1. The maximum Gasteiger partial charge on any atom is 0.234 e. The average molecular weight is 293 g/mol. The molecule has 1 aliphatic carbocycles. The summed E-state index contributed by atoms with van der Waals surface area (Å²) >= 11 is 0. The van der Waals surface area contributed by atoms with Crippen LogP contribution in [0, 0.1) is 0 Å². The fourth-order valence-electron chi connectivity index (χ4n) is 3.63. The van der Waals surface area contributed by atoms with Crippen LogP contribution in [0.5, 0.6) is 0 Å². The third-order valence-corrected chi connectivity index (χ3v) is 5.06. The van der Waals surface area contributed by atoms with Gasteiger partial charge in [0.15, 0.2) is 5.82 Å². The van der Waals surface area contributed by atoms with Crippen molar-refractivity contribution >= 4 is 0 Å². The molecule has 0 aromatic carbocycles. The van der Waals surface area contributed by atoms with E-state index in [0.29, 0.717) is 6.54 Å². The Bertz CT molecular complexity index is 432. The van der Waals surface area contributed by atoms with E-state index in [9.17, 15) is 0 Å². The lowest BCUT2D eigenvalue weighted by Crippen LogP contribution is -2.35. The number of nitrogens with two attached hydrogens (primary N) is 1. The quantitative estimate of drug-likeness (QED) is 0.864. The molecule has 1 aliphatic heterocycles. The maximum absolute atomic E-state index is 6.08. The van der Waals surface area contributed by atoms with Crippen molar-refractivity contribution in [2.45, 2.75) is 75.7 Å². The van der Waals surface area contributed by atoms with Crippen LogP contribution in [0.15, 0.2) is 4.52 Å². The van der Waals surface area contributed by atoms with Crippen LogP contribution < -0.4 is 5.73 Å². The minimum atomic E-state index is -0.0881. The van der Waals surface area contributed by atoms with Crippen molar-refractivity contribution < 1.29 is 9.26 Å². The Labute approximate surface area is 126 Å². The first-order chi connectivity index (χ1) is 10.3. The number of rotatable bonds is 4. The van der Waals surface area contributed by atoms with Gasteiger partial charge in [0.05, 0.1) is 11.5 Å². The van der Waals surface area contributed by atoms with Crippen molar-refractivity contribution in [2.24, 2.45) is 5.73 Å². The Morgan fingerprint density at radius 1 is 1.10 bits per heavy atom. The molecule has 118 valence electrons. The van der Waals surface area contributed by atoms with Crippen molar-refractivity contribution in [3.8, 4) is 0 Å². The predicted octanol–water partition coefficient (Wildman–Crippen LogP) is 2.73. The molecule has 1 aromatic heterocycles. The van der Waals surface area contributed by atoms with Gasteiger partial charge in [0.25, 0.3) is 0 Å². The Balaban J connectivity index is 1.69.